The molecular formula is C7H9BrN2O3. The number of rotatable bonds is 2. The van der Waals surface area contributed by atoms with Crippen LogP contribution in [0.2, 0.25) is 0 Å². The van der Waals surface area contributed by atoms with E-state index in [2.05, 4.69) is 20.9 Å². The molecule has 0 amide bonds. The first-order chi connectivity index (χ1) is 6.07. The molecule has 0 radical (unpaired) electrons. The fourth-order valence-electron chi connectivity index (χ4n) is 0.854. The van der Waals surface area contributed by atoms with E-state index in [0.717, 1.165) is 0 Å². The van der Waals surface area contributed by atoms with Crippen molar-refractivity contribution in [3.05, 3.63) is 31.0 Å². The zero-order valence-electron chi connectivity index (χ0n) is 7.26. The van der Waals surface area contributed by atoms with Gasteiger partial charge < -0.3 is 9.82 Å². The van der Waals surface area contributed by atoms with E-state index in [4.69, 9.17) is 4.84 Å². The fraction of sp³-hybridized carbons (Fsp3) is 0.429. The highest BCUT2D eigenvalue weighted by molar-refractivity contribution is 9.10. The minimum atomic E-state index is -0.562. The van der Waals surface area contributed by atoms with Crippen LogP contribution in [-0.2, 0) is 0 Å². The van der Waals surface area contributed by atoms with Gasteiger partial charge in [0.15, 0.2) is 0 Å². The third-order valence-corrected chi connectivity index (χ3v) is 2.37. The third-order valence-electron chi connectivity index (χ3n) is 1.44. The zero-order valence-corrected chi connectivity index (χ0v) is 8.84. The van der Waals surface area contributed by atoms with Gasteiger partial charge in [-0.3, -0.25) is 4.79 Å². The van der Waals surface area contributed by atoms with Crippen molar-refractivity contribution in [3.63, 3.8) is 0 Å². The van der Waals surface area contributed by atoms with Gasteiger partial charge in [0.2, 0.25) is 0 Å². The maximum absolute atomic E-state index is 11.4. The number of H-pyrrole nitrogens is 1. The first kappa shape index (κ1) is 10.0. The van der Waals surface area contributed by atoms with Crippen molar-refractivity contribution in [1.29, 1.82) is 0 Å². The second-order valence-electron chi connectivity index (χ2n) is 2.39. The summed E-state index contributed by atoms with van der Waals surface area (Å²) < 4.78 is 0.998. The fourth-order valence-corrected chi connectivity index (χ4v) is 1.11. The normalized spacial score (nSPS) is 10.1. The van der Waals surface area contributed by atoms with Crippen molar-refractivity contribution in [2.45, 2.75) is 13.8 Å². The molecule has 0 saturated heterocycles. The highest BCUT2D eigenvalue weighted by Gasteiger charge is 2.08. The molecule has 0 spiro atoms. The quantitative estimate of drug-likeness (QED) is 0.805. The number of halogens is 1. The van der Waals surface area contributed by atoms with Gasteiger partial charge in [-0.05, 0) is 29.8 Å². The number of aromatic amines is 1. The minimum Gasteiger partial charge on any atom is -0.406 e. The Balaban J connectivity index is 3.45. The molecule has 1 heterocycles. The van der Waals surface area contributed by atoms with Crippen molar-refractivity contribution < 1.29 is 4.84 Å². The molecule has 0 saturated carbocycles. The van der Waals surface area contributed by atoms with Crippen LogP contribution >= 0.6 is 15.9 Å². The topological polar surface area (TPSA) is 64.1 Å². The lowest BCUT2D eigenvalue weighted by Crippen LogP contribution is -2.40. The number of nitrogens with zero attached hydrogens (tertiary/aromatic N) is 1. The molecule has 0 aliphatic rings. The van der Waals surface area contributed by atoms with E-state index in [0.29, 0.717) is 14.9 Å². The molecule has 0 aliphatic carbocycles. The molecule has 0 aliphatic heterocycles. The summed E-state index contributed by atoms with van der Waals surface area (Å²) in [5, 5.41) is 0. The summed E-state index contributed by atoms with van der Waals surface area (Å²) in [6, 6.07) is 0. The summed E-state index contributed by atoms with van der Waals surface area (Å²) in [7, 11) is 0. The number of hydrogen-bond donors (Lipinski definition) is 1. The van der Waals surface area contributed by atoms with Gasteiger partial charge >= 0.3 is 11.2 Å². The summed E-state index contributed by atoms with van der Waals surface area (Å²) in [6.45, 7) is 3.58. The van der Waals surface area contributed by atoms with Gasteiger partial charge in [0.05, 0.1) is 0 Å². The van der Waals surface area contributed by atoms with Crippen LogP contribution in [0.4, 0.5) is 0 Å². The van der Waals surface area contributed by atoms with Crippen LogP contribution in [0, 0.1) is 6.92 Å². The van der Waals surface area contributed by atoms with Gasteiger partial charge in [0.1, 0.15) is 11.1 Å². The van der Waals surface area contributed by atoms with Gasteiger partial charge in [-0.1, -0.05) is 4.73 Å². The van der Waals surface area contributed by atoms with Gasteiger partial charge in [-0.25, -0.2) is 4.79 Å². The molecule has 13 heavy (non-hydrogen) atoms. The van der Waals surface area contributed by atoms with Crippen LogP contribution in [0.1, 0.15) is 12.6 Å². The van der Waals surface area contributed by atoms with E-state index in [1.807, 2.05) is 0 Å². The van der Waals surface area contributed by atoms with Crippen LogP contribution in [-0.4, -0.2) is 16.3 Å². The molecule has 0 atom stereocenters. The monoisotopic (exact) mass is 248 g/mol. The summed E-state index contributed by atoms with van der Waals surface area (Å²) in [6.07, 6.45) is 0. The van der Waals surface area contributed by atoms with E-state index < -0.39 is 11.2 Å². The van der Waals surface area contributed by atoms with Crippen molar-refractivity contribution in [3.8, 4) is 0 Å². The zero-order chi connectivity index (χ0) is 10.0. The first-order valence-electron chi connectivity index (χ1n) is 3.72. The molecule has 0 unspecified atom stereocenters. The molecular weight excluding hydrogens is 240 g/mol. The van der Waals surface area contributed by atoms with Gasteiger partial charge in [-0.15, -0.1) is 0 Å². The van der Waals surface area contributed by atoms with E-state index in [-0.39, 0.29) is 6.61 Å². The van der Waals surface area contributed by atoms with Gasteiger partial charge in [0, 0.05) is 5.69 Å². The van der Waals surface area contributed by atoms with Gasteiger partial charge in [-0.2, -0.15) is 0 Å². The molecule has 0 fully saturated rings. The van der Waals surface area contributed by atoms with Crippen LogP contribution in [0.5, 0.6) is 0 Å². The Bertz CT molecular complexity index is 421. The van der Waals surface area contributed by atoms with E-state index in [9.17, 15) is 9.59 Å². The third kappa shape index (κ3) is 1.82. The first-order valence-corrected chi connectivity index (χ1v) is 4.52. The number of nitrogens with one attached hydrogen (secondary N) is 1. The Morgan fingerprint density at radius 1 is 1.54 bits per heavy atom. The molecule has 1 rings (SSSR count). The number of aryl methyl sites for hydroxylation is 1. The van der Waals surface area contributed by atoms with E-state index in [1.54, 1.807) is 13.8 Å². The maximum atomic E-state index is 11.4. The molecule has 1 N–H and O–H groups in total. The second kappa shape index (κ2) is 3.78. The van der Waals surface area contributed by atoms with E-state index >= 15 is 0 Å². The van der Waals surface area contributed by atoms with Crippen LogP contribution in [0.25, 0.3) is 0 Å². The van der Waals surface area contributed by atoms with Crippen molar-refractivity contribution in [1.82, 2.24) is 9.71 Å². The molecule has 5 nitrogen and oxygen atoms in total. The molecule has 1 aromatic rings. The molecule has 6 heteroatoms. The highest BCUT2D eigenvalue weighted by atomic mass is 79.9. The summed E-state index contributed by atoms with van der Waals surface area (Å²) in [4.78, 5) is 29.8. The number of aromatic nitrogens is 2. The Labute approximate surface area is 82.4 Å². The standard InChI is InChI=1S/C7H9BrN2O3/c1-3-13-10-6(11)5(8)4(2)9-7(10)12/h3H2,1-2H3,(H,9,12). The molecule has 1 aromatic heterocycles. The Kier molecular flexibility index (Phi) is 2.92. The second-order valence-corrected chi connectivity index (χ2v) is 3.18. The SMILES string of the molecule is CCOn1c(=O)[nH]c(C)c(Br)c1=O. The van der Waals surface area contributed by atoms with Crippen molar-refractivity contribution in [2.75, 3.05) is 6.61 Å². The predicted molar refractivity (Wildman–Crippen MR) is 50.9 cm³/mol. The summed E-state index contributed by atoms with van der Waals surface area (Å²) >= 11 is 3.05. The lowest BCUT2D eigenvalue weighted by atomic mass is 10.5. The van der Waals surface area contributed by atoms with Crippen LogP contribution < -0.4 is 16.1 Å². The Hall–Kier alpha value is -1.04. The molecule has 0 aromatic carbocycles. The van der Waals surface area contributed by atoms with Crippen molar-refractivity contribution in [2.24, 2.45) is 0 Å². The lowest BCUT2D eigenvalue weighted by molar-refractivity contribution is 0.101. The Morgan fingerprint density at radius 2 is 2.15 bits per heavy atom. The average molecular weight is 249 g/mol. The predicted octanol–water partition coefficient (Wildman–Crippen LogP) is 0.0560. The molecule has 72 valence electrons. The highest BCUT2D eigenvalue weighted by Crippen LogP contribution is 2.03. The largest absolute Gasteiger partial charge is 0.406 e. The number of hydrogen-bond acceptors (Lipinski definition) is 3. The van der Waals surface area contributed by atoms with Crippen LogP contribution in [0.3, 0.4) is 0 Å². The van der Waals surface area contributed by atoms with Gasteiger partial charge in [0.25, 0.3) is 0 Å². The van der Waals surface area contributed by atoms with Crippen molar-refractivity contribution >= 4 is 15.9 Å². The average Bonchev–Trinajstić information content (AvgIpc) is 2.09. The Morgan fingerprint density at radius 3 is 2.69 bits per heavy atom. The van der Waals surface area contributed by atoms with E-state index in [1.165, 1.54) is 0 Å². The summed E-state index contributed by atoms with van der Waals surface area (Å²) in [5.74, 6) is 0. The maximum Gasteiger partial charge on any atom is 0.362 e. The summed E-state index contributed by atoms with van der Waals surface area (Å²) in [5.41, 5.74) is -0.554. The lowest BCUT2D eigenvalue weighted by Gasteiger charge is -2.05. The molecule has 0 bridgehead atoms. The minimum absolute atomic E-state index is 0.262. The van der Waals surface area contributed by atoms with Crippen LogP contribution in [0.15, 0.2) is 14.1 Å². The smallest absolute Gasteiger partial charge is 0.362 e.